The molecule has 0 bridgehead atoms. The van der Waals surface area contributed by atoms with Crippen LogP contribution in [0.3, 0.4) is 0 Å². The van der Waals surface area contributed by atoms with Crippen molar-refractivity contribution in [2.24, 2.45) is 5.41 Å². The van der Waals surface area contributed by atoms with E-state index in [0.29, 0.717) is 6.10 Å². The van der Waals surface area contributed by atoms with Gasteiger partial charge in [0.1, 0.15) is 0 Å². The van der Waals surface area contributed by atoms with E-state index in [1.165, 1.54) is 12.8 Å². The van der Waals surface area contributed by atoms with Gasteiger partial charge in [0, 0.05) is 18.6 Å². The highest BCUT2D eigenvalue weighted by molar-refractivity contribution is 5.81. The van der Waals surface area contributed by atoms with Gasteiger partial charge in [-0.25, -0.2) is 0 Å². The molecule has 1 atom stereocenters. The van der Waals surface area contributed by atoms with Crippen LogP contribution >= 0.6 is 0 Å². The maximum absolute atomic E-state index is 11.6. The van der Waals surface area contributed by atoms with Gasteiger partial charge in [0.05, 0.1) is 6.10 Å². The van der Waals surface area contributed by atoms with Gasteiger partial charge in [-0.2, -0.15) is 0 Å². The first-order valence-electron chi connectivity index (χ1n) is 5.90. The minimum atomic E-state index is -0.284. The second kappa shape index (κ2) is 5.50. The lowest BCUT2D eigenvalue weighted by Gasteiger charge is -2.23. The fourth-order valence-electron chi connectivity index (χ4n) is 1.65. The molecular weight excluding hydrogens is 190 g/mol. The Morgan fingerprint density at radius 2 is 2.13 bits per heavy atom. The van der Waals surface area contributed by atoms with Crippen LogP contribution in [0.5, 0.6) is 0 Å². The van der Waals surface area contributed by atoms with E-state index in [4.69, 9.17) is 4.74 Å². The zero-order chi connectivity index (χ0) is 11.3. The highest BCUT2D eigenvalue weighted by Crippen LogP contribution is 2.16. The zero-order valence-electron chi connectivity index (χ0n) is 10.1. The monoisotopic (exact) mass is 213 g/mol. The summed E-state index contributed by atoms with van der Waals surface area (Å²) in [7, 11) is 0. The summed E-state index contributed by atoms with van der Waals surface area (Å²) in [6.07, 6.45) is 4.90. The first-order valence-corrected chi connectivity index (χ1v) is 5.90. The second-order valence-corrected chi connectivity index (χ2v) is 5.28. The first kappa shape index (κ1) is 12.5. The number of amides is 1. The van der Waals surface area contributed by atoms with Gasteiger partial charge in [-0.1, -0.05) is 20.8 Å². The first-order chi connectivity index (χ1) is 7.00. The molecular formula is C12H23NO2. The summed E-state index contributed by atoms with van der Waals surface area (Å²) < 4.78 is 5.59. The minimum Gasteiger partial charge on any atom is -0.378 e. The molecule has 1 unspecified atom stereocenters. The molecule has 1 N–H and O–H groups in total. The molecule has 1 rings (SSSR count). The molecule has 1 fully saturated rings. The molecule has 15 heavy (non-hydrogen) atoms. The van der Waals surface area contributed by atoms with Crippen molar-refractivity contribution < 1.29 is 9.53 Å². The van der Waals surface area contributed by atoms with Crippen LogP contribution in [0.15, 0.2) is 0 Å². The van der Waals surface area contributed by atoms with Crippen molar-refractivity contribution in [1.82, 2.24) is 5.32 Å². The van der Waals surface area contributed by atoms with Gasteiger partial charge in [0.25, 0.3) is 0 Å². The van der Waals surface area contributed by atoms with Crippen molar-refractivity contribution in [3.63, 3.8) is 0 Å². The fourth-order valence-corrected chi connectivity index (χ4v) is 1.65. The molecule has 88 valence electrons. The number of nitrogens with one attached hydrogen (secondary N) is 1. The Bertz CT molecular complexity index is 202. The number of ether oxygens (including phenoxy) is 1. The van der Waals surface area contributed by atoms with Crippen molar-refractivity contribution in [3.8, 4) is 0 Å². The zero-order valence-corrected chi connectivity index (χ0v) is 10.1. The average molecular weight is 213 g/mol. The van der Waals surface area contributed by atoms with E-state index in [0.717, 1.165) is 26.0 Å². The largest absolute Gasteiger partial charge is 0.378 e. The van der Waals surface area contributed by atoms with Crippen molar-refractivity contribution >= 4 is 5.91 Å². The van der Waals surface area contributed by atoms with Crippen molar-refractivity contribution in [1.29, 1.82) is 0 Å². The average Bonchev–Trinajstić information content (AvgIpc) is 2.18. The summed E-state index contributed by atoms with van der Waals surface area (Å²) in [4.78, 5) is 11.6. The molecule has 1 aliphatic rings. The number of carbonyl (C=O) groups is 1. The molecule has 0 radical (unpaired) electrons. The van der Waals surface area contributed by atoms with E-state index in [-0.39, 0.29) is 11.3 Å². The molecule has 3 nitrogen and oxygen atoms in total. The van der Waals surface area contributed by atoms with Crippen LogP contribution in [0.4, 0.5) is 0 Å². The van der Waals surface area contributed by atoms with Crippen molar-refractivity contribution in [3.05, 3.63) is 0 Å². The Balaban J connectivity index is 2.12. The highest BCUT2D eigenvalue weighted by atomic mass is 16.5. The Morgan fingerprint density at radius 3 is 2.67 bits per heavy atom. The Kier molecular flexibility index (Phi) is 4.58. The van der Waals surface area contributed by atoms with E-state index in [9.17, 15) is 4.79 Å². The Morgan fingerprint density at radius 1 is 1.40 bits per heavy atom. The Labute approximate surface area is 92.6 Å². The van der Waals surface area contributed by atoms with Gasteiger partial charge in [0.15, 0.2) is 0 Å². The van der Waals surface area contributed by atoms with E-state index < -0.39 is 0 Å². The van der Waals surface area contributed by atoms with Gasteiger partial charge >= 0.3 is 0 Å². The van der Waals surface area contributed by atoms with Crippen molar-refractivity contribution in [2.75, 3.05) is 13.2 Å². The molecule has 3 heteroatoms. The van der Waals surface area contributed by atoms with Crippen LogP contribution in [0.25, 0.3) is 0 Å². The smallest absolute Gasteiger partial charge is 0.225 e. The highest BCUT2D eigenvalue weighted by Gasteiger charge is 2.21. The third-order valence-corrected chi connectivity index (χ3v) is 2.71. The summed E-state index contributed by atoms with van der Waals surface area (Å²) in [5.74, 6) is 0.123. The molecule has 1 heterocycles. The molecule has 0 aromatic rings. The van der Waals surface area contributed by atoms with Gasteiger partial charge in [0.2, 0.25) is 5.91 Å². The number of hydrogen-bond acceptors (Lipinski definition) is 2. The summed E-state index contributed by atoms with van der Waals surface area (Å²) in [6.45, 7) is 7.41. The SMILES string of the molecule is CC(C)(C)C(=O)NCCC1CCCCO1. The van der Waals surface area contributed by atoms with Crippen LogP contribution in [-0.2, 0) is 9.53 Å². The van der Waals surface area contributed by atoms with E-state index in [1.54, 1.807) is 0 Å². The van der Waals surface area contributed by atoms with Gasteiger partial charge in [-0.3, -0.25) is 4.79 Å². The standard InChI is InChI=1S/C12H23NO2/c1-12(2,3)11(14)13-8-7-10-6-4-5-9-15-10/h10H,4-9H2,1-3H3,(H,13,14). The van der Waals surface area contributed by atoms with Crippen LogP contribution in [0.1, 0.15) is 46.5 Å². The maximum Gasteiger partial charge on any atom is 0.225 e. The molecule has 0 aromatic carbocycles. The predicted octanol–water partition coefficient (Wildman–Crippen LogP) is 2.11. The minimum absolute atomic E-state index is 0.123. The van der Waals surface area contributed by atoms with Gasteiger partial charge < -0.3 is 10.1 Å². The third kappa shape index (κ3) is 4.65. The van der Waals surface area contributed by atoms with Crippen LogP contribution in [0, 0.1) is 5.41 Å². The van der Waals surface area contributed by atoms with Gasteiger partial charge in [-0.05, 0) is 25.7 Å². The van der Waals surface area contributed by atoms with Crippen LogP contribution in [-0.4, -0.2) is 25.2 Å². The van der Waals surface area contributed by atoms with Crippen LogP contribution in [0.2, 0.25) is 0 Å². The summed E-state index contributed by atoms with van der Waals surface area (Å²) >= 11 is 0. The predicted molar refractivity (Wildman–Crippen MR) is 60.7 cm³/mol. The lowest BCUT2D eigenvalue weighted by atomic mass is 9.95. The Hall–Kier alpha value is -0.570. The molecule has 1 aliphatic heterocycles. The van der Waals surface area contributed by atoms with E-state index in [1.807, 2.05) is 20.8 Å². The second-order valence-electron chi connectivity index (χ2n) is 5.28. The number of carbonyl (C=O) groups excluding carboxylic acids is 1. The van der Waals surface area contributed by atoms with Gasteiger partial charge in [-0.15, -0.1) is 0 Å². The molecule has 0 spiro atoms. The third-order valence-electron chi connectivity index (χ3n) is 2.71. The lowest BCUT2D eigenvalue weighted by molar-refractivity contribution is -0.128. The lowest BCUT2D eigenvalue weighted by Crippen LogP contribution is -2.37. The van der Waals surface area contributed by atoms with E-state index in [2.05, 4.69) is 5.32 Å². The molecule has 0 aliphatic carbocycles. The molecule has 1 saturated heterocycles. The topological polar surface area (TPSA) is 38.3 Å². The quantitative estimate of drug-likeness (QED) is 0.779. The summed E-state index contributed by atoms with van der Waals surface area (Å²) in [5, 5.41) is 2.95. The fraction of sp³-hybridized carbons (Fsp3) is 0.917. The molecule has 0 aromatic heterocycles. The van der Waals surface area contributed by atoms with E-state index >= 15 is 0 Å². The van der Waals surface area contributed by atoms with Crippen LogP contribution < -0.4 is 5.32 Å². The molecule has 0 saturated carbocycles. The molecule has 1 amide bonds. The van der Waals surface area contributed by atoms with Crippen molar-refractivity contribution in [2.45, 2.75) is 52.6 Å². The summed E-state index contributed by atoms with van der Waals surface area (Å²) in [6, 6.07) is 0. The summed E-state index contributed by atoms with van der Waals surface area (Å²) in [5.41, 5.74) is -0.284. The maximum atomic E-state index is 11.6. The normalized spacial score (nSPS) is 22.5. The number of hydrogen-bond donors (Lipinski definition) is 1. The number of rotatable bonds is 3.